The highest BCUT2D eigenvalue weighted by Gasteiger charge is 2.11. The smallest absolute Gasteiger partial charge is 0.240 e. The molecule has 0 spiro atoms. The molecule has 0 amide bonds. The summed E-state index contributed by atoms with van der Waals surface area (Å²) in [5, 5.41) is 8.42. The first-order valence-corrected chi connectivity index (χ1v) is 9.41. The van der Waals surface area contributed by atoms with Crippen molar-refractivity contribution in [2.75, 3.05) is 14.1 Å². The number of rotatable bonds is 6. The maximum Gasteiger partial charge on any atom is 0.240 e. The highest BCUT2D eigenvalue weighted by molar-refractivity contribution is 7.89. The Bertz CT molecular complexity index is 756. The third-order valence-corrected chi connectivity index (χ3v) is 5.46. The van der Waals surface area contributed by atoms with Crippen molar-refractivity contribution in [3.8, 4) is 0 Å². The third-order valence-electron chi connectivity index (χ3n) is 3.17. The predicted octanol–water partition coefficient (Wildman–Crippen LogP) is 1.52. The summed E-state index contributed by atoms with van der Waals surface area (Å²) < 4.78 is 25.9. The lowest BCUT2D eigenvalue weighted by Crippen LogP contribution is -2.36. The van der Waals surface area contributed by atoms with Crippen molar-refractivity contribution in [1.82, 2.24) is 15.4 Å². The lowest BCUT2D eigenvalue weighted by molar-refractivity contribution is 0.588. The van der Waals surface area contributed by atoms with Gasteiger partial charge in [-0.3, -0.25) is 4.99 Å². The monoisotopic (exact) mass is 352 g/mol. The zero-order chi connectivity index (χ0) is 16.7. The number of hydrogen-bond donors (Lipinski definition) is 3. The number of nitrogens with one attached hydrogen (secondary N) is 3. The van der Waals surface area contributed by atoms with Crippen molar-refractivity contribution in [3.63, 3.8) is 0 Å². The van der Waals surface area contributed by atoms with E-state index in [1.54, 1.807) is 36.6 Å². The number of sulfonamides is 1. The Morgan fingerprint density at radius 3 is 2.61 bits per heavy atom. The molecule has 2 aromatic rings. The molecule has 3 N–H and O–H groups in total. The summed E-state index contributed by atoms with van der Waals surface area (Å²) in [6.07, 6.45) is 0. The van der Waals surface area contributed by atoms with Gasteiger partial charge in [-0.05, 0) is 36.2 Å². The molecule has 0 aliphatic heterocycles. The van der Waals surface area contributed by atoms with Crippen molar-refractivity contribution in [3.05, 3.63) is 52.2 Å². The van der Waals surface area contributed by atoms with E-state index in [1.807, 2.05) is 17.5 Å². The van der Waals surface area contributed by atoms with Gasteiger partial charge < -0.3 is 10.6 Å². The van der Waals surface area contributed by atoms with E-state index in [0.717, 1.165) is 5.56 Å². The van der Waals surface area contributed by atoms with Gasteiger partial charge in [0.25, 0.3) is 0 Å². The fraction of sp³-hybridized carbons (Fsp3) is 0.267. The van der Waals surface area contributed by atoms with Gasteiger partial charge in [0.1, 0.15) is 0 Å². The second kappa shape index (κ2) is 8.09. The van der Waals surface area contributed by atoms with Gasteiger partial charge in [-0.25, -0.2) is 13.1 Å². The van der Waals surface area contributed by atoms with Gasteiger partial charge in [0, 0.05) is 18.5 Å². The Balaban J connectivity index is 1.95. The van der Waals surface area contributed by atoms with Crippen molar-refractivity contribution in [2.45, 2.75) is 18.0 Å². The molecule has 2 rings (SSSR count). The van der Waals surface area contributed by atoms with Crippen molar-refractivity contribution < 1.29 is 8.42 Å². The van der Waals surface area contributed by atoms with Crippen molar-refractivity contribution in [1.29, 1.82) is 0 Å². The SMILES string of the molecule is CN=C(NCc1cccc(S(=O)(=O)NC)c1)NCc1cccs1. The highest BCUT2D eigenvalue weighted by Crippen LogP contribution is 2.11. The van der Waals surface area contributed by atoms with E-state index in [0.29, 0.717) is 19.0 Å². The normalized spacial score (nSPS) is 12.2. The van der Waals surface area contributed by atoms with E-state index in [-0.39, 0.29) is 4.90 Å². The number of benzene rings is 1. The molecule has 1 aromatic carbocycles. The van der Waals surface area contributed by atoms with Gasteiger partial charge in [0.15, 0.2) is 5.96 Å². The topological polar surface area (TPSA) is 82.6 Å². The minimum atomic E-state index is -3.43. The van der Waals surface area contributed by atoms with Crippen LogP contribution in [0.2, 0.25) is 0 Å². The Morgan fingerprint density at radius 1 is 1.17 bits per heavy atom. The molecular weight excluding hydrogens is 332 g/mol. The van der Waals surface area contributed by atoms with Crippen molar-refractivity contribution in [2.24, 2.45) is 4.99 Å². The molecule has 8 heteroatoms. The summed E-state index contributed by atoms with van der Waals surface area (Å²) in [5.74, 6) is 0.667. The first kappa shape index (κ1) is 17.5. The zero-order valence-electron chi connectivity index (χ0n) is 13.0. The van der Waals surface area contributed by atoms with Crippen LogP contribution >= 0.6 is 11.3 Å². The van der Waals surface area contributed by atoms with Crippen LogP contribution in [0.1, 0.15) is 10.4 Å². The number of thiophene rings is 1. The van der Waals surface area contributed by atoms with Crippen molar-refractivity contribution >= 4 is 27.3 Å². The van der Waals surface area contributed by atoms with E-state index < -0.39 is 10.0 Å². The predicted molar refractivity (Wildman–Crippen MR) is 94.0 cm³/mol. The molecule has 0 saturated carbocycles. The quantitative estimate of drug-likeness (QED) is 0.544. The van der Waals surface area contributed by atoms with Gasteiger partial charge in [-0.1, -0.05) is 18.2 Å². The first-order chi connectivity index (χ1) is 11.0. The fourth-order valence-electron chi connectivity index (χ4n) is 1.93. The number of hydrogen-bond acceptors (Lipinski definition) is 4. The molecule has 1 heterocycles. The van der Waals surface area contributed by atoms with Crippen LogP contribution in [0.4, 0.5) is 0 Å². The maximum atomic E-state index is 11.8. The van der Waals surface area contributed by atoms with E-state index in [2.05, 4.69) is 26.4 Å². The lowest BCUT2D eigenvalue weighted by Gasteiger charge is -2.12. The Hall–Kier alpha value is -1.90. The van der Waals surface area contributed by atoms with Crippen LogP contribution in [0.3, 0.4) is 0 Å². The summed E-state index contributed by atoms with van der Waals surface area (Å²) in [7, 11) is -0.327. The Morgan fingerprint density at radius 2 is 1.96 bits per heavy atom. The average molecular weight is 352 g/mol. The lowest BCUT2D eigenvalue weighted by atomic mass is 10.2. The minimum absolute atomic E-state index is 0.251. The molecule has 124 valence electrons. The van der Waals surface area contributed by atoms with E-state index in [4.69, 9.17) is 0 Å². The summed E-state index contributed by atoms with van der Waals surface area (Å²) in [6.45, 7) is 1.18. The molecule has 0 atom stereocenters. The third kappa shape index (κ3) is 5.05. The standard InChI is InChI=1S/C15H20N4O2S2/c1-16-15(19-11-13-6-4-8-22-13)18-10-12-5-3-7-14(9-12)23(20,21)17-2/h3-9,17H,10-11H2,1-2H3,(H2,16,18,19). The van der Waals surface area contributed by atoms with Crippen LogP contribution in [-0.4, -0.2) is 28.5 Å². The van der Waals surface area contributed by atoms with E-state index >= 15 is 0 Å². The molecular formula is C15H20N4O2S2. The molecule has 0 aliphatic rings. The fourth-order valence-corrected chi connectivity index (χ4v) is 3.38. The Labute approximate surface area is 140 Å². The molecule has 0 radical (unpaired) electrons. The van der Waals surface area contributed by atoms with E-state index in [9.17, 15) is 8.42 Å². The van der Waals surface area contributed by atoms with Crippen LogP contribution in [0, 0.1) is 0 Å². The highest BCUT2D eigenvalue weighted by atomic mass is 32.2. The molecule has 0 unspecified atom stereocenters. The summed E-state index contributed by atoms with van der Waals surface area (Å²) >= 11 is 1.68. The molecule has 0 bridgehead atoms. The summed E-state index contributed by atoms with van der Waals surface area (Å²) in [4.78, 5) is 5.63. The molecule has 1 aromatic heterocycles. The van der Waals surface area contributed by atoms with Crippen LogP contribution in [0.5, 0.6) is 0 Å². The van der Waals surface area contributed by atoms with Crippen LogP contribution in [0.15, 0.2) is 51.7 Å². The molecule has 0 saturated heterocycles. The second-order valence-corrected chi connectivity index (χ2v) is 7.63. The van der Waals surface area contributed by atoms with Crippen LogP contribution in [0.25, 0.3) is 0 Å². The minimum Gasteiger partial charge on any atom is -0.352 e. The summed E-state index contributed by atoms with van der Waals surface area (Å²) in [6, 6.07) is 10.9. The van der Waals surface area contributed by atoms with Gasteiger partial charge in [-0.15, -0.1) is 11.3 Å². The maximum absolute atomic E-state index is 11.8. The molecule has 0 aliphatic carbocycles. The average Bonchev–Trinajstić information content (AvgIpc) is 3.09. The zero-order valence-corrected chi connectivity index (χ0v) is 14.7. The number of aliphatic imine (C=N–C) groups is 1. The van der Waals surface area contributed by atoms with Crippen LogP contribution in [-0.2, 0) is 23.1 Å². The largest absolute Gasteiger partial charge is 0.352 e. The second-order valence-electron chi connectivity index (χ2n) is 4.71. The molecule has 6 nitrogen and oxygen atoms in total. The number of guanidine groups is 1. The number of nitrogens with zero attached hydrogens (tertiary/aromatic N) is 1. The van der Waals surface area contributed by atoms with E-state index in [1.165, 1.54) is 11.9 Å². The first-order valence-electron chi connectivity index (χ1n) is 7.04. The van der Waals surface area contributed by atoms with Gasteiger partial charge in [0.05, 0.1) is 11.4 Å². The van der Waals surface area contributed by atoms with Gasteiger partial charge in [0.2, 0.25) is 10.0 Å². The Kier molecular flexibility index (Phi) is 6.14. The van der Waals surface area contributed by atoms with Gasteiger partial charge >= 0.3 is 0 Å². The summed E-state index contributed by atoms with van der Waals surface area (Å²) in [5.41, 5.74) is 0.861. The molecule has 23 heavy (non-hydrogen) atoms. The molecule has 0 fully saturated rings. The van der Waals surface area contributed by atoms with Gasteiger partial charge in [-0.2, -0.15) is 0 Å². The van der Waals surface area contributed by atoms with Crippen LogP contribution < -0.4 is 15.4 Å².